The molecule has 0 amide bonds. The number of nitriles is 1. The van der Waals surface area contributed by atoms with Crippen molar-refractivity contribution in [2.24, 2.45) is 0 Å². The quantitative estimate of drug-likeness (QED) is 0.925. The van der Waals surface area contributed by atoms with Gasteiger partial charge < -0.3 is 9.88 Å². The second-order valence-corrected chi connectivity index (χ2v) is 5.87. The Morgan fingerprint density at radius 2 is 2.04 bits per heavy atom. The molecule has 0 unspecified atom stereocenters. The van der Waals surface area contributed by atoms with E-state index < -0.39 is 11.5 Å². The van der Waals surface area contributed by atoms with Crippen LogP contribution in [0.15, 0.2) is 23.0 Å². The molecular weight excluding hydrogens is 300 g/mol. The number of pyridine rings is 1. The highest BCUT2D eigenvalue weighted by Gasteiger charge is 2.35. The number of H-pyrrole nitrogens is 1. The van der Waals surface area contributed by atoms with E-state index in [4.69, 9.17) is 0 Å². The summed E-state index contributed by atoms with van der Waals surface area (Å²) in [5, 5.41) is 10.1. The van der Waals surface area contributed by atoms with Crippen molar-refractivity contribution < 1.29 is 8.78 Å². The molecule has 1 aromatic carbocycles. The molecule has 1 saturated heterocycles. The molecule has 3 rings (SSSR count). The zero-order valence-corrected chi connectivity index (χ0v) is 12.8. The predicted octanol–water partition coefficient (Wildman–Crippen LogP) is 3.20. The fourth-order valence-corrected chi connectivity index (χ4v) is 3.03. The number of aromatic nitrogens is 1. The Morgan fingerprint density at radius 3 is 2.65 bits per heavy atom. The molecule has 0 bridgehead atoms. The van der Waals surface area contributed by atoms with Gasteiger partial charge in [-0.15, -0.1) is 0 Å². The van der Waals surface area contributed by atoms with Crippen LogP contribution in [-0.4, -0.2) is 24.0 Å². The molecule has 1 fully saturated rings. The summed E-state index contributed by atoms with van der Waals surface area (Å²) in [5.74, 6) is -2.67. The number of aryl methyl sites for hydroxylation is 1. The molecule has 0 atom stereocenters. The van der Waals surface area contributed by atoms with Crippen LogP contribution in [0, 0.1) is 11.3 Å². The zero-order valence-electron chi connectivity index (χ0n) is 12.8. The highest BCUT2D eigenvalue weighted by Crippen LogP contribution is 2.34. The highest BCUT2D eigenvalue weighted by atomic mass is 19.3. The summed E-state index contributed by atoms with van der Waals surface area (Å²) >= 11 is 0. The van der Waals surface area contributed by atoms with Gasteiger partial charge >= 0.3 is 0 Å². The van der Waals surface area contributed by atoms with Gasteiger partial charge in [0.05, 0.1) is 11.2 Å². The van der Waals surface area contributed by atoms with Crippen LogP contribution < -0.4 is 10.5 Å². The third kappa shape index (κ3) is 2.79. The first-order valence-corrected chi connectivity index (χ1v) is 7.67. The standard InChI is InChI=1S/C17H17F2N3O/c1-2-11-3-4-14-12(9-11)15(13(10-20)16(23)21-14)22-7-5-17(18,19)6-8-22/h3-4,9H,2,5-8H2,1H3,(H,21,23). The molecule has 0 spiro atoms. The first kappa shape index (κ1) is 15.5. The van der Waals surface area contributed by atoms with E-state index in [0.29, 0.717) is 11.2 Å². The SMILES string of the molecule is CCc1ccc2[nH]c(=O)c(C#N)c(N3CCC(F)(F)CC3)c2c1. The van der Waals surface area contributed by atoms with Gasteiger partial charge in [-0.25, -0.2) is 8.78 Å². The Morgan fingerprint density at radius 1 is 1.35 bits per heavy atom. The number of benzene rings is 1. The third-order valence-electron chi connectivity index (χ3n) is 4.38. The number of piperidine rings is 1. The molecule has 1 aromatic heterocycles. The lowest BCUT2D eigenvalue weighted by molar-refractivity contribution is -0.0220. The van der Waals surface area contributed by atoms with E-state index in [1.165, 1.54) is 0 Å². The average molecular weight is 317 g/mol. The fraction of sp³-hybridized carbons (Fsp3) is 0.412. The molecule has 0 radical (unpaired) electrons. The van der Waals surface area contributed by atoms with Crippen molar-refractivity contribution in [3.63, 3.8) is 0 Å². The van der Waals surface area contributed by atoms with Crippen LogP contribution in [0.4, 0.5) is 14.5 Å². The van der Waals surface area contributed by atoms with Gasteiger partial charge in [-0.2, -0.15) is 5.26 Å². The summed E-state index contributed by atoms with van der Waals surface area (Å²) in [7, 11) is 0. The van der Waals surface area contributed by atoms with Crippen LogP contribution in [0.1, 0.15) is 30.9 Å². The van der Waals surface area contributed by atoms with Crippen LogP contribution in [-0.2, 0) is 6.42 Å². The van der Waals surface area contributed by atoms with Crippen molar-refractivity contribution >= 4 is 16.6 Å². The molecule has 2 heterocycles. The number of aromatic amines is 1. The molecule has 0 aliphatic carbocycles. The maximum absolute atomic E-state index is 13.4. The van der Waals surface area contributed by atoms with Crippen molar-refractivity contribution in [1.82, 2.24) is 4.98 Å². The third-order valence-corrected chi connectivity index (χ3v) is 4.38. The lowest BCUT2D eigenvalue weighted by Gasteiger charge is -2.34. The molecule has 6 heteroatoms. The summed E-state index contributed by atoms with van der Waals surface area (Å²) in [5.41, 5.74) is 1.69. The number of nitrogens with one attached hydrogen (secondary N) is 1. The Bertz CT molecular complexity index is 841. The molecule has 23 heavy (non-hydrogen) atoms. The monoisotopic (exact) mass is 317 g/mol. The number of hydrogen-bond acceptors (Lipinski definition) is 3. The van der Waals surface area contributed by atoms with E-state index in [2.05, 4.69) is 4.98 Å². The molecule has 4 nitrogen and oxygen atoms in total. The van der Waals surface area contributed by atoms with Gasteiger partial charge in [0.2, 0.25) is 0 Å². The molecule has 2 aromatic rings. The van der Waals surface area contributed by atoms with Gasteiger partial charge in [0.1, 0.15) is 11.6 Å². The Balaban J connectivity index is 2.20. The maximum Gasteiger partial charge on any atom is 0.268 e. The number of fused-ring (bicyclic) bond motifs is 1. The van der Waals surface area contributed by atoms with Crippen molar-refractivity contribution in [1.29, 1.82) is 5.26 Å². The van der Waals surface area contributed by atoms with E-state index in [0.717, 1.165) is 17.4 Å². The summed E-state index contributed by atoms with van der Waals surface area (Å²) in [6.07, 6.45) is 0.285. The molecular formula is C17H17F2N3O. The molecule has 120 valence electrons. The second kappa shape index (κ2) is 5.65. The largest absolute Gasteiger partial charge is 0.369 e. The smallest absolute Gasteiger partial charge is 0.268 e. The van der Waals surface area contributed by atoms with Crippen LogP contribution in [0.3, 0.4) is 0 Å². The Kier molecular flexibility index (Phi) is 3.80. The number of alkyl halides is 2. The number of nitrogens with zero attached hydrogens (tertiary/aromatic N) is 2. The van der Waals surface area contributed by atoms with Crippen LogP contribution in [0.25, 0.3) is 10.9 Å². The first-order chi connectivity index (χ1) is 10.9. The normalized spacial score (nSPS) is 17.2. The number of anilines is 1. The highest BCUT2D eigenvalue weighted by molar-refractivity contribution is 5.95. The van der Waals surface area contributed by atoms with Crippen molar-refractivity contribution in [2.45, 2.75) is 32.1 Å². The lowest BCUT2D eigenvalue weighted by atomic mass is 10.0. The Hall–Kier alpha value is -2.42. The van der Waals surface area contributed by atoms with Gasteiger partial charge in [0.15, 0.2) is 0 Å². The average Bonchev–Trinajstić information content (AvgIpc) is 2.53. The maximum atomic E-state index is 13.4. The van der Waals surface area contributed by atoms with Crippen LogP contribution >= 0.6 is 0 Å². The van der Waals surface area contributed by atoms with Gasteiger partial charge in [0, 0.05) is 31.3 Å². The topological polar surface area (TPSA) is 59.9 Å². The minimum atomic E-state index is -2.67. The minimum absolute atomic E-state index is 0.00373. The molecule has 1 aliphatic heterocycles. The zero-order chi connectivity index (χ0) is 16.6. The minimum Gasteiger partial charge on any atom is -0.369 e. The van der Waals surface area contributed by atoms with Gasteiger partial charge in [-0.1, -0.05) is 13.0 Å². The molecule has 1 N–H and O–H groups in total. The van der Waals surface area contributed by atoms with Gasteiger partial charge in [-0.05, 0) is 24.1 Å². The summed E-state index contributed by atoms with van der Waals surface area (Å²) in [4.78, 5) is 16.6. The first-order valence-electron chi connectivity index (χ1n) is 7.67. The van der Waals surface area contributed by atoms with Crippen LogP contribution in [0.2, 0.25) is 0 Å². The van der Waals surface area contributed by atoms with E-state index in [-0.39, 0.29) is 31.5 Å². The number of rotatable bonds is 2. The van der Waals surface area contributed by atoms with Crippen molar-refractivity contribution in [3.8, 4) is 6.07 Å². The van der Waals surface area contributed by atoms with E-state index in [1.807, 2.05) is 25.1 Å². The van der Waals surface area contributed by atoms with E-state index in [1.54, 1.807) is 11.0 Å². The fourth-order valence-electron chi connectivity index (χ4n) is 3.03. The van der Waals surface area contributed by atoms with Gasteiger partial charge in [0.25, 0.3) is 11.5 Å². The van der Waals surface area contributed by atoms with E-state index >= 15 is 0 Å². The molecule has 0 saturated carbocycles. The van der Waals surface area contributed by atoms with Crippen molar-refractivity contribution in [2.75, 3.05) is 18.0 Å². The van der Waals surface area contributed by atoms with Crippen molar-refractivity contribution in [3.05, 3.63) is 39.7 Å². The summed E-state index contributed by atoms with van der Waals surface area (Å²) < 4.78 is 26.9. The number of halogens is 2. The predicted molar refractivity (Wildman–Crippen MR) is 85.1 cm³/mol. The molecule has 1 aliphatic rings. The lowest BCUT2D eigenvalue weighted by Crippen LogP contribution is -2.40. The van der Waals surface area contributed by atoms with Crippen LogP contribution in [0.5, 0.6) is 0 Å². The second-order valence-electron chi connectivity index (χ2n) is 5.87. The van der Waals surface area contributed by atoms with Gasteiger partial charge in [-0.3, -0.25) is 4.79 Å². The number of hydrogen-bond donors (Lipinski definition) is 1. The van der Waals surface area contributed by atoms with E-state index in [9.17, 15) is 18.8 Å². The summed E-state index contributed by atoms with van der Waals surface area (Å²) in [6.45, 7) is 2.28. The summed E-state index contributed by atoms with van der Waals surface area (Å²) in [6, 6.07) is 7.58. The Labute approximate surface area is 132 Å².